The van der Waals surface area contributed by atoms with Crippen molar-refractivity contribution in [3.8, 4) is 0 Å². The summed E-state index contributed by atoms with van der Waals surface area (Å²) in [5.41, 5.74) is -5.02. The Morgan fingerprint density at radius 3 is 1.98 bits per heavy atom. The van der Waals surface area contributed by atoms with E-state index in [0.717, 1.165) is 28.2 Å². The van der Waals surface area contributed by atoms with Crippen LogP contribution < -0.4 is 5.06 Å². The van der Waals surface area contributed by atoms with Gasteiger partial charge in [0.15, 0.2) is 0 Å². The summed E-state index contributed by atoms with van der Waals surface area (Å²) in [5, 5.41) is 1.11. The number of carbonyl (C=O) groups excluding carboxylic acids is 2. The van der Waals surface area contributed by atoms with Crippen LogP contribution in [-0.4, -0.2) is 29.6 Å². The Kier molecular flexibility index (Phi) is 8.35. The summed E-state index contributed by atoms with van der Waals surface area (Å²) in [5.74, 6) is -0.117. The number of fused-ring (bicyclic) bond motifs is 1. The molecule has 15 heteroatoms. The van der Waals surface area contributed by atoms with E-state index < -0.39 is 71.7 Å². The summed E-state index contributed by atoms with van der Waals surface area (Å²) in [6.45, 7) is 2.33. The van der Waals surface area contributed by atoms with Gasteiger partial charge in [-0.1, -0.05) is 0 Å². The number of benzene rings is 2. The highest BCUT2D eigenvalue weighted by Gasteiger charge is 2.46. The maximum atomic E-state index is 13.7. The molecule has 6 nitrogen and oxygen atoms in total. The molecule has 0 aromatic heterocycles. The third-order valence-corrected chi connectivity index (χ3v) is 6.94. The van der Waals surface area contributed by atoms with Crippen LogP contribution in [0.2, 0.25) is 0 Å². The monoisotopic (exact) mass is 612 g/mol. The first-order valence-corrected chi connectivity index (χ1v) is 12.8. The average molecular weight is 612 g/mol. The van der Waals surface area contributed by atoms with Crippen LogP contribution >= 0.6 is 0 Å². The van der Waals surface area contributed by atoms with Gasteiger partial charge in [0.25, 0.3) is 0 Å². The van der Waals surface area contributed by atoms with Crippen molar-refractivity contribution in [1.82, 2.24) is 4.90 Å². The van der Waals surface area contributed by atoms with Crippen LogP contribution in [0.15, 0.2) is 36.4 Å². The van der Waals surface area contributed by atoms with Gasteiger partial charge >= 0.3 is 24.7 Å². The van der Waals surface area contributed by atoms with Gasteiger partial charge in [-0.05, 0) is 81.0 Å². The summed E-state index contributed by atoms with van der Waals surface area (Å²) < 4.78 is 127. The second-order valence-corrected chi connectivity index (χ2v) is 10.5. The number of anilines is 1. The van der Waals surface area contributed by atoms with Crippen molar-refractivity contribution in [3.63, 3.8) is 0 Å². The van der Waals surface area contributed by atoms with E-state index in [-0.39, 0.29) is 36.1 Å². The number of alkyl halides is 9. The molecule has 2 aliphatic rings. The number of hydrogen-bond acceptors (Lipinski definition) is 5. The highest BCUT2D eigenvalue weighted by molar-refractivity contribution is 5.66. The molecule has 0 saturated heterocycles. The molecular formula is C27H25F9N2O4. The van der Waals surface area contributed by atoms with Gasteiger partial charge in [0, 0.05) is 12.1 Å². The Morgan fingerprint density at radius 2 is 1.50 bits per heavy atom. The maximum absolute atomic E-state index is 13.7. The van der Waals surface area contributed by atoms with Crippen molar-refractivity contribution in [2.24, 2.45) is 5.92 Å². The van der Waals surface area contributed by atoms with Crippen LogP contribution in [0, 0.1) is 5.92 Å². The van der Waals surface area contributed by atoms with Crippen molar-refractivity contribution < 1.29 is 58.7 Å². The largest absolute Gasteiger partial charge is 0.533 e. The van der Waals surface area contributed by atoms with Crippen LogP contribution in [0.1, 0.15) is 67.0 Å². The number of carbonyl (C=O) groups is 2. The van der Waals surface area contributed by atoms with Gasteiger partial charge in [-0.2, -0.15) is 44.6 Å². The smallest absolute Gasteiger partial charge is 0.430 e. The van der Waals surface area contributed by atoms with E-state index in [1.807, 2.05) is 0 Å². The fraction of sp³-hybridized carbons (Fsp3) is 0.481. The average Bonchev–Trinajstić information content (AvgIpc) is 3.70. The minimum Gasteiger partial charge on any atom is -0.430 e. The number of hydroxylamine groups is 1. The Morgan fingerprint density at radius 1 is 0.929 bits per heavy atom. The number of amides is 1. The first kappa shape index (κ1) is 31.3. The predicted molar refractivity (Wildman–Crippen MR) is 129 cm³/mol. The lowest BCUT2D eigenvalue weighted by Gasteiger charge is -2.43. The van der Waals surface area contributed by atoms with Gasteiger partial charge in [0.05, 0.1) is 40.6 Å². The molecule has 2 aromatic rings. The van der Waals surface area contributed by atoms with Gasteiger partial charge in [-0.25, -0.2) is 4.79 Å². The van der Waals surface area contributed by atoms with E-state index in [2.05, 4.69) is 0 Å². The van der Waals surface area contributed by atoms with E-state index in [9.17, 15) is 49.1 Å². The molecule has 42 heavy (non-hydrogen) atoms. The topological polar surface area (TPSA) is 59.1 Å². The second kappa shape index (κ2) is 11.2. The molecule has 0 spiro atoms. The molecule has 1 saturated carbocycles. The minimum atomic E-state index is -5.14. The zero-order valence-corrected chi connectivity index (χ0v) is 22.1. The Labute approximate surface area is 233 Å². The number of nitrogens with zero attached hydrogens (tertiary/aromatic N) is 2. The molecule has 1 aliphatic carbocycles. The summed E-state index contributed by atoms with van der Waals surface area (Å²) in [6.07, 6.45) is -15.5. The van der Waals surface area contributed by atoms with E-state index in [1.54, 1.807) is 13.8 Å². The van der Waals surface area contributed by atoms with E-state index in [0.29, 0.717) is 25.0 Å². The summed E-state index contributed by atoms with van der Waals surface area (Å²) in [6, 6.07) is 1.46. The van der Waals surface area contributed by atoms with Crippen LogP contribution in [0.3, 0.4) is 0 Å². The van der Waals surface area contributed by atoms with Crippen LogP contribution in [0.4, 0.5) is 50.0 Å². The molecule has 0 N–H and O–H groups in total. The fourth-order valence-corrected chi connectivity index (χ4v) is 4.96. The van der Waals surface area contributed by atoms with Gasteiger partial charge in [0.1, 0.15) is 0 Å². The lowest BCUT2D eigenvalue weighted by atomic mass is 9.88. The van der Waals surface area contributed by atoms with Gasteiger partial charge in [-0.15, -0.1) is 0 Å². The summed E-state index contributed by atoms with van der Waals surface area (Å²) in [4.78, 5) is 30.9. The van der Waals surface area contributed by atoms with Gasteiger partial charge in [0.2, 0.25) is 6.41 Å². The molecule has 0 unspecified atom stereocenters. The molecule has 1 fully saturated rings. The third kappa shape index (κ3) is 7.04. The molecule has 230 valence electrons. The molecule has 0 bridgehead atoms. The highest BCUT2D eigenvalue weighted by atomic mass is 19.4. The van der Waals surface area contributed by atoms with Crippen molar-refractivity contribution in [1.29, 1.82) is 0 Å². The van der Waals surface area contributed by atoms with Crippen LogP contribution in [-0.2, 0) is 39.4 Å². The summed E-state index contributed by atoms with van der Waals surface area (Å²) in [7, 11) is 0. The Bertz CT molecular complexity index is 1290. The lowest BCUT2D eigenvalue weighted by Crippen LogP contribution is -2.47. The molecule has 2 atom stereocenters. The van der Waals surface area contributed by atoms with Crippen molar-refractivity contribution >= 4 is 18.3 Å². The SMILES string of the molecule is CC(C)OC(=O)ON1c2ccc(C(F)(F)F)cc2[C@@H](N(C=O)Cc2cc(C(F)(F)F)cc(C(F)(F)F)c2)C[C@H]1C1CC1. The molecule has 2 aromatic carbocycles. The normalized spacial score (nSPS) is 19.4. The van der Waals surface area contributed by atoms with Gasteiger partial charge in [-0.3, -0.25) is 4.79 Å². The Balaban J connectivity index is 1.79. The highest BCUT2D eigenvalue weighted by Crippen LogP contribution is 2.49. The maximum Gasteiger partial charge on any atom is 0.533 e. The summed E-state index contributed by atoms with van der Waals surface area (Å²) >= 11 is 0. The second-order valence-electron chi connectivity index (χ2n) is 10.5. The Hall–Kier alpha value is -3.65. The number of ether oxygens (including phenoxy) is 1. The number of halogens is 9. The quantitative estimate of drug-likeness (QED) is 0.181. The van der Waals surface area contributed by atoms with E-state index >= 15 is 0 Å². The minimum absolute atomic E-state index is 0.0243. The molecule has 4 rings (SSSR count). The molecule has 1 amide bonds. The first-order valence-electron chi connectivity index (χ1n) is 12.8. The third-order valence-electron chi connectivity index (χ3n) is 6.94. The number of rotatable bonds is 7. The first-order chi connectivity index (χ1) is 19.4. The lowest BCUT2D eigenvalue weighted by molar-refractivity contribution is -0.143. The zero-order valence-electron chi connectivity index (χ0n) is 22.1. The van der Waals surface area contributed by atoms with Crippen LogP contribution in [0.25, 0.3) is 0 Å². The molecule has 0 radical (unpaired) electrons. The predicted octanol–water partition coefficient (Wildman–Crippen LogP) is 7.91. The van der Waals surface area contributed by atoms with Crippen molar-refractivity contribution in [2.75, 3.05) is 5.06 Å². The van der Waals surface area contributed by atoms with E-state index in [1.165, 1.54) is 0 Å². The van der Waals surface area contributed by atoms with Crippen molar-refractivity contribution in [3.05, 3.63) is 64.2 Å². The molecule has 1 heterocycles. The van der Waals surface area contributed by atoms with Crippen LogP contribution in [0.5, 0.6) is 0 Å². The number of hydrogen-bond donors (Lipinski definition) is 0. The van der Waals surface area contributed by atoms with E-state index in [4.69, 9.17) is 9.57 Å². The zero-order chi connectivity index (χ0) is 31.2. The molecular weight excluding hydrogens is 587 g/mol. The standard InChI is InChI=1S/C27H25F9N2O4/c1-14(2)41-24(40)42-38-21-6-5-17(25(28,29)30)10-20(21)23(11-22(38)16-3-4-16)37(13-39)12-15-7-18(26(31,32)33)9-19(8-15)27(34,35)36/h5-10,13-14,16,22-23H,3-4,11-12H2,1-2H3/t22-,23-/m0/s1. The van der Waals surface area contributed by atoms with Gasteiger partial charge < -0.3 is 14.5 Å². The molecule has 1 aliphatic heterocycles. The fourth-order valence-electron chi connectivity index (χ4n) is 4.96. The van der Waals surface area contributed by atoms with Crippen molar-refractivity contribution in [2.45, 2.75) is 76.4 Å².